The fourth-order valence-electron chi connectivity index (χ4n) is 2.90. The Morgan fingerprint density at radius 1 is 1.12 bits per heavy atom. The van der Waals surface area contributed by atoms with E-state index in [0.717, 1.165) is 11.8 Å². The van der Waals surface area contributed by atoms with Crippen molar-refractivity contribution in [1.29, 1.82) is 0 Å². The lowest BCUT2D eigenvalue weighted by Gasteiger charge is -2.31. The Balaban J connectivity index is 2.15. The van der Waals surface area contributed by atoms with Crippen LogP contribution in [0.15, 0.2) is 0 Å². The van der Waals surface area contributed by atoms with Crippen LogP contribution in [0.1, 0.15) is 66.2 Å². The highest BCUT2D eigenvalue weighted by Gasteiger charge is 2.22. The van der Waals surface area contributed by atoms with Gasteiger partial charge in [-0.15, -0.1) is 0 Å². The van der Waals surface area contributed by atoms with Gasteiger partial charge in [0.1, 0.15) is 0 Å². The lowest BCUT2D eigenvalue weighted by molar-refractivity contribution is 0.225. The van der Waals surface area contributed by atoms with E-state index < -0.39 is 0 Å². The minimum atomic E-state index is 0.526. The molecule has 1 N–H and O–H groups in total. The summed E-state index contributed by atoms with van der Waals surface area (Å²) in [5.41, 5.74) is 0.526. The van der Waals surface area contributed by atoms with Crippen molar-refractivity contribution in [3.8, 4) is 0 Å². The molecule has 1 nitrogen and oxygen atoms in total. The van der Waals surface area contributed by atoms with E-state index in [2.05, 4.69) is 33.0 Å². The van der Waals surface area contributed by atoms with E-state index in [4.69, 9.17) is 0 Å². The molecule has 0 spiro atoms. The maximum atomic E-state index is 3.53. The lowest BCUT2D eigenvalue weighted by Crippen LogP contribution is -2.36. The van der Waals surface area contributed by atoms with E-state index in [-0.39, 0.29) is 0 Å². The monoisotopic (exact) mass is 225 g/mol. The van der Waals surface area contributed by atoms with Crippen molar-refractivity contribution in [3.63, 3.8) is 0 Å². The molecule has 1 heteroatoms. The van der Waals surface area contributed by atoms with E-state index in [1.54, 1.807) is 0 Å². The number of piperidine rings is 1. The summed E-state index contributed by atoms with van der Waals surface area (Å²) in [6.45, 7) is 11.9. The maximum Gasteiger partial charge on any atom is -0.00180 e. The van der Waals surface area contributed by atoms with Crippen LogP contribution in [0.4, 0.5) is 0 Å². The van der Waals surface area contributed by atoms with Gasteiger partial charge in [0.25, 0.3) is 0 Å². The highest BCUT2D eigenvalue weighted by Crippen LogP contribution is 2.29. The summed E-state index contributed by atoms with van der Waals surface area (Å²) >= 11 is 0. The van der Waals surface area contributed by atoms with Gasteiger partial charge in [0.05, 0.1) is 0 Å². The van der Waals surface area contributed by atoms with Crippen molar-refractivity contribution in [2.45, 2.75) is 66.2 Å². The molecule has 0 aromatic carbocycles. The number of rotatable bonds is 5. The summed E-state index contributed by atoms with van der Waals surface area (Å²) in [4.78, 5) is 0. The average Bonchev–Trinajstić information content (AvgIpc) is 2.23. The van der Waals surface area contributed by atoms with Gasteiger partial charge in [0.2, 0.25) is 0 Å². The normalized spacial score (nSPS) is 27.0. The average molecular weight is 225 g/mol. The molecule has 16 heavy (non-hydrogen) atoms. The second-order valence-corrected chi connectivity index (χ2v) is 6.73. The summed E-state index contributed by atoms with van der Waals surface area (Å²) in [7, 11) is 0. The van der Waals surface area contributed by atoms with Crippen LogP contribution in [0.2, 0.25) is 0 Å². The number of unbranched alkanes of at least 4 members (excludes halogenated alkanes) is 1. The molecule has 1 aliphatic rings. The van der Waals surface area contributed by atoms with E-state index in [1.807, 2.05) is 0 Å². The largest absolute Gasteiger partial charge is 0.316 e. The predicted octanol–water partition coefficient (Wildman–Crippen LogP) is 4.23. The third kappa shape index (κ3) is 5.34. The number of hydrogen-bond acceptors (Lipinski definition) is 1. The van der Waals surface area contributed by atoms with Crippen LogP contribution in [-0.4, -0.2) is 13.1 Å². The molecule has 0 radical (unpaired) electrons. The summed E-state index contributed by atoms with van der Waals surface area (Å²) in [5.74, 6) is 1.95. The van der Waals surface area contributed by atoms with E-state index >= 15 is 0 Å². The topological polar surface area (TPSA) is 12.0 Å². The summed E-state index contributed by atoms with van der Waals surface area (Å²) in [6, 6.07) is 0. The molecule has 1 saturated heterocycles. The first-order chi connectivity index (χ1) is 7.53. The van der Waals surface area contributed by atoms with Gasteiger partial charge in [-0.2, -0.15) is 0 Å². The third-order valence-corrected chi connectivity index (χ3v) is 4.04. The number of hydrogen-bond donors (Lipinski definition) is 1. The van der Waals surface area contributed by atoms with Crippen LogP contribution >= 0.6 is 0 Å². The summed E-state index contributed by atoms with van der Waals surface area (Å²) < 4.78 is 0. The van der Waals surface area contributed by atoms with Crippen molar-refractivity contribution in [2.24, 2.45) is 17.3 Å². The fourth-order valence-corrected chi connectivity index (χ4v) is 2.90. The van der Waals surface area contributed by atoms with Gasteiger partial charge in [-0.3, -0.25) is 0 Å². The van der Waals surface area contributed by atoms with Gasteiger partial charge in [-0.25, -0.2) is 0 Å². The molecule has 0 aromatic heterocycles. The Kier molecular flexibility index (Phi) is 5.82. The Morgan fingerprint density at radius 2 is 1.88 bits per heavy atom. The molecule has 0 aliphatic carbocycles. The predicted molar refractivity (Wildman–Crippen MR) is 72.7 cm³/mol. The smallest absolute Gasteiger partial charge is 0.00180 e. The first kappa shape index (κ1) is 14.0. The first-order valence-electron chi connectivity index (χ1n) is 7.23. The van der Waals surface area contributed by atoms with Crippen LogP contribution in [-0.2, 0) is 0 Å². The van der Waals surface area contributed by atoms with Crippen LogP contribution in [0.5, 0.6) is 0 Å². The summed E-state index contributed by atoms with van der Waals surface area (Å²) in [6.07, 6.45) is 8.48. The Labute approximate surface area is 102 Å². The van der Waals surface area contributed by atoms with Crippen molar-refractivity contribution in [2.75, 3.05) is 13.1 Å². The highest BCUT2D eigenvalue weighted by atomic mass is 14.9. The molecule has 96 valence electrons. The minimum Gasteiger partial charge on any atom is -0.316 e. The van der Waals surface area contributed by atoms with E-state index in [1.165, 1.54) is 51.6 Å². The van der Waals surface area contributed by atoms with Crippen LogP contribution < -0.4 is 5.32 Å². The Morgan fingerprint density at radius 3 is 2.50 bits per heavy atom. The molecule has 0 amide bonds. The van der Waals surface area contributed by atoms with Gasteiger partial charge in [-0.1, -0.05) is 53.4 Å². The molecule has 2 unspecified atom stereocenters. The third-order valence-electron chi connectivity index (χ3n) is 4.04. The van der Waals surface area contributed by atoms with Crippen molar-refractivity contribution in [1.82, 2.24) is 5.32 Å². The van der Waals surface area contributed by atoms with E-state index in [0.29, 0.717) is 5.41 Å². The molecule has 0 bridgehead atoms. The zero-order valence-electron chi connectivity index (χ0n) is 11.8. The van der Waals surface area contributed by atoms with Gasteiger partial charge in [0, 0.05) is 0 Å². The maximum absolute atomic E-state index is 3.53. The second-order valence-electron chi connectivity index (χ2n) is 6.73. The second kappa shape index (κ2) is 6.64. The molecule has 0 saturated carbocycles. The van der Waals surface area contributed by atoms with Gasteiger partial charge in [-0.05, 0) is 43.2 Å². The molecular weight excluding hydrogens is 194 g/mol. The van der Waals surface area contributed by atoms with Crippen LogP contribution in [0.25, 0.3) is 0 Å². The lowest BCUT2D eigenvalue weighted by atomic mass is 9.80. The highest BCUT2D eigenvalue weighted by molar-refractivity contribution is 4.77. The Bertz CT molecular complexity index is 180. The minimum absolute atomic E-state index is 0.526. The van der Waals surface area contributed by atoms with Gasteiger partial charge in [0.15, 0.2) is 0 Å². The van der Waals surface area contributed by atoms with Crippen molar-refractivity contribution in [3.05, 3.63) is 0 Å². The zero-order valence-corrected chi connectivity index (χ0v) is 11.8. The molecule has 1 aliphatic heterocycles. The van der Waals surface area contributed by atoms with Crippen molar-refractivity contribution < 1.29 is 0 Å². The standard InChI is InChI=1S/C15H31N/c1-5-13-12-16-11-9-14(13)8-6-7-10-15(2,3)4/h13-14,16H,5-12H2,1-4H3. The fraction of sp³-hybridized carbons (Fsp3) is 1.00. The molecule has 0 aromatic rings. The van der Waals surface area contributed by atoms with Gasteiger partial charge >= 0.3 is 0 Å². The molecule has 1 fully saturated rings. The van der Waals surface area contributed by atoms with Crippen LogP contribution in [0.3, 0.4) is 0 Å². The first-order valence-corrected chi connectivity index (χ1v) is 7.23. The molecule has 2 atom stereocenters. The molecule has 1 rings (SSSR count). The van der Waals surface area contributed by atoms with Crippen LogP contribution in [0, 0.1) is 17.3 Å². The SMILES string of the molecule is CCC1CNCCC1CCCCC(C)(C)C. The molecular formula is C15H31N. The quantitative estimate of drug-likeness (QED) is 0.691. The molecule has 1 heterocycles. The number of nitrogens with one attached hydrogen (secondary N) is 1. The van der Waals surface area contributed by atoms with E-state index in [9.17, 15) is 0 Å². The van der Waals surface area contributed by atoms with Crippen molar-refractivity contribution >= 4 is 0 Å². The summed E-state index contributed by atoms with van der Waals surface area (Å²) in [5, 5.41) is 3.53. The Hall–Kier alpha value is -0.0400. The van der Waals surface area contributed by atoms with Gasteiger partial charge < -0.3 is 5.32 Å². The zero-order chi connectivity index (χ0) is 12.0.